The molecular formula is C25H24N5O6+. The van der Waals surface area contributed by atoms with E-state index in [2.05, 4.69) is 0 Å². The Bertz CT molecular complexity index is 1860. The Morgan fingerprint density at radius 2 is 1.06 bits per heavy atom. The lowest BCUT2D eigenvalue weighted by Crippen LogP contribution is -2.22. The van der Waals surface area contributed by atoms with E-state index >= 15 is 0 Å². The van der Waals surface area contributed by atoms with Crippen LogP contribution in [0.25, 0.3) is 43.6 Å². The molecule has 11 heteroatoms. The summed E-state index contributed by atoms with van der Waals surface area (Å²) in [5.74, 6) is 0.925. The van der Waals surface area contributed by atoms with Crippen molar-refractivity contribution in [3.8, 4) is 11.5 Å². The van der Waals surface area contributed by atoms with Gasteiger partial charge in [0.15, 0.2) is 0 Å². The van der Waals surface area contributed by atoms with Crippen molar-refractivity contribution in [3.63, 3.8) is 0 Å². The number of rotatable bonds is 4. The minimum absolute atomic E-state index is 0.0816. The van der Waals surface area contributed by atoms with Crippen molar-refractivity contribution in [2.45, 2.75) is 0 Å². The maximum atomic E-state index is 11.9. The summed E-state index contributed by atoms with van der Waals surface area (Å²) in [6.07, 6.45) is 0. The van der Waals surface area contributed by atoms with Crippen molar-refractivity contribution in [1.29, 1.82) is 0 Å². The van der Waals surface area contributed by atoms with Crippen molar-refractivity contribution in [2.24, 2.45) is 14.1 Å². The number of nitro benzene ring substituents is 2. The minimum atomic E-state index is -0.484. The first-order valence-corrected chi connectivity index (χ1v) is 11.0. The third-order valence-corrected chi connectivity index (χ3v) is 6.79. The van der Waals surface area contributed by atoms with Gasteiger partial charge in [-0.15, -0.1) is 0 Å². The van der Waals surface area contributed by atoms with Gasteiger partial charge in [-0.25, -0.2) is 4.58 Å². The van der Waals surface area contributed by atoms with Gasteiger partial charge < -0.3 is 18.6 Å². The summed E-state index contributed by atoms with van der Waals surface area (Å²) in [7, 11) is 10.5. The van der Waals surface area contributed by atoms with Crippen LogP contribution in [0.15, 0.2) is 36.4 Å². The van der Waals surface area contributed by atoms with Gasteiger partial charge in [0.05, 0.1) is 58.3 Å². The molecule has 0 unspecified atom stereocenters. The number of ether oxygens (including phenoxy) is 2. The fourth-order valence-electron chi connectivity index (χ4n) is 5.01. The molecule has 3 aromatic carbocycles. The van der Waals surface area contributed by atoms with Crippen LogP contribution in [0.5, 0.6) is 11.5 Å². The smallest absolute Gasteiger partial charge is 0.275 e. The average Bonchev–Trinajstić information content (AvgIpc) is 2.86. The SMILES string of the molecule is COc1cc([N+](=O)[O-])cc2c1c1c3c(OC)cc(=[N+](C)C)cc3n(C)c3cc([N+](=O)[O-])cc(c13)n2C. The van der Waals surface area contributed by atoms with E-state index < -0.39 is 9.85 Å². The summed E-state index contributed by atoms with van der Waals surface area (Å²) in [5.41, 5.74) is 2.25. The van der Waals surface area contributed by atoms with Crippen molar-refractivity contribution < 1.29 is 19.3 Å². The normalized spacial score (nSPS) is 11.5. The number of aromatic nitrogens is 2. The number of benzene rings is 3. The molecule has 0 atom stereocenters. The summed E-state index contributed by atoms with van der Waals surface area (Å²) < 4.78 is 17.1. The van der Waals surface area contributed by atoms with Crippen LogP contribution in [0, 0.1) is 20.2 Å². The summed E-state index contributed by atoms with van der Waals surface area (Å²) in [4.78, 5) is 22.7. The zero-order valence-corrected chi connectivity index (χ0v) is 20.6. The summed E-state index contributed by atoms with van der Waals surface area (Å²) in [6.45, 7) is 0. The van der Waals surface area contributed by atoms with Gasteiger partial charge >= 0.3 is 0 Å². The van der Waals surface area contributed by atoms with Crippen LogP contribution in [-0.2, 0) is 14.1 Å². The van der Waals surface area contributed by atoms with Crippen LogP contribution in [0.4, 0.5) is 11.4 Å². The lowest BCUT2D eigenvalue weighted by molar-refractivity contribution is -0.384. The van der Waals surface area contributed by atoms with Gasteiger partial charge in [0.25, 0.3) is 11.4 Å². The second-order valence-electron chi connectivity index (χ2n) is 8.85. The van der Waals surface area contributed by atoms with E-state index in [0.29, 0.717) is 33.4 Å². The first-order valence-electron chi connectivity index (χ1n) is 11.0. The third kappa shape index (κ3) is 3.09. The molecule has 0 fully saturated rings. The minimum Gasteiger partial charge on any atom is -0.496 e. The molecule has 0 radical (unpaired) electrons. The Kier molecular flexibility index (Phi) is 5.09. The second-order valence-corrected chi connectivity index (χ2v) is 8.85. The Labute approximate surface area is 204 Å². The molecule has 36 heavy (non-hydrogen) atoms. The van der Waals surface area contributed by atoms with Crippen LogP contribution >= 0.6 is 0 Å². The van der Waals surface area contributed by atoms with Gasteiger partial charge in [0, 0.05) is 59.9 Å². The molecule has 2 aromatic heterocycles. The lowest BCUT2D eigenvalue weighted by atomic mass is 9.96. The van der Waals surface area contributed by atoms with Crippen molar-refractivity contribution >= 4 is 55.0 Å². The number of non-ortho nitro benzene ring substituents is 2. The summed E-state index contributed by atoms with van der Waals surface area (Å²) in [5, 5.41) is 27.4. The van der Waals surface area contributed by atoms with E-state index in [1.165, 1.54) is 25.3 Å². The quantitative estimate of drug-likeness (QED) is 0.124. The first-order chi connectivity index (χ1) is 17.1. The molecule has 0 spiro atoms. The Morgan fingerprint density at radius 3 is 1.50 bits per heavy atom. The number of hydrogen-bond acceptors (Lipinski definition) is 6. The average molecular weight is 490 g/mol. The predicted molar refractivity (Wildman–Crippen MR) is 138 cm³/mol. The van der Waals surface area contributed by atoms with Crippen LogP contribution in [0.2, 0.25) is 0 Å². The maximum absolute atomic E-state index is 11.9. The molecular weight excluding hydrogens is 466 g/mol. The van der Waals surface area contributed by atoms with Gasteiger partial charge in [0.1, 0.15) is 25.6 Å². The van der Waals surface area contributed by atoms with E-state index in [0.717, 1.165) is 27.0 Å². The molecule has 0 saturated heterocycles. The van der Waals surface area contributed by atoms with Gasteiger partial charge in [-0.1, -0.05) is 0 Å². The fourth-order valence-corrected chi connectivity index (χ4v) is 5.01. The maximum Gasteiger partial charge on any atom is 0.275 e. The van der Waals surface area contributed by atoms with E-state index in [1.54, 1.807) is 24.8 Å². The van der Waals surface area contributed by atoms with Gasteiger partial charge in [0.2, 0.25) is 5.36 Å². The molecule has 0 N–H and O–H groups in total. The summed E-state index contributed by atoms with van der Waals surface area (Å²) in [6, 6.07) is 9.81. The molecule has 0 aliphatic carbocycles. The monoisotopic (exact) mass is 490 g/mol. The molecule has 0 bridgehead atoms. The number of fused-ring (bicyclic) bond motifs is 4. The van der Waals surface area contributed by atoms with E-state index in [9.17, 15) is 20.2 Å². The molecule has 0 aliphatic rings. The molecule has 0 amide bonds. The number of methoxy groups -OCH3 is 2. The number of nitro groups is 2. The molecule has 5 rings (SSSR count). The van der Waals surface area contributed by atoms with Crippen LogP contribution in [0.1, 0.15) is 0 Å². The zero-order valence-electron chi connectivity index (χ0n) is 20.6. The Hall–Kier alpha value is -4.67. The van der Waals surface area contributed by atoms with E-state index in [4.69, 9.17) is 9.47 Å². The molecule has 11 nitrogen and oxygen atoms in total. The fraction of sp³-hybridized carbons (Fsp3) is 0.240. The molecule has 0 saturated carbocycles. The third-order valence-electron chi connectivity index (χ3n) is 6.79. The molecule has 2 heterocycles. The number of hydrogen-bond donors (Lipinski definition) is 0. The highest BCUT2D eigenvalue weighted by atomic mass is 16.6. The first kappa shape index (κ1) is 23.1. The molecule has 184 valence electrons. The number of aryl methyl sites for hydroxylation is 2. The Balaban J connectivity index is 2.27. The van der Waals surface area contributed by atoms with Gasteiger partial charge in [-0.3, -0.25) is 20.2 Å². The Morgan fingerprint density at radius 1 is 0.639 bits per heavy atom. The molecule has 5 aromatic rings. The highest BCUT2D eigenvalue weighted by Crippen LogP contribution is 2.46. The standard InChI is InChI=1S/C25H24N5O6/c1-26(2)13-7-18-23(20(11-13)35-5)25-22-16(27(18)3)8-14(29(31)32)9-17(22)28(4)19-10-15(30(33)34)12-21(36-6)24(19)25/h7-12H,1-6H3/q+1. The van der Waals surface area contributed by atoms with Crippen LogP contribution in [0.3, 0.4) is 0 Å². The van der Waals surface area contributed by atoms with Gasteiger partial charge in [-0.05, 0) is 0 Å². The number of pyridine rings is 2. The van der Waals surface area contributed by atoms with Crippen molar-refractivity contribution in [1.82, 2.24) is 13.7 Å². The molecule has 0 aliphatic heterocycles. The predicted octanol–water partition coefficient (Wildman–Crippen LogP) is 3.84. The van der Waals surface area contributed by atoms with E-state index in [1.807, 2.05) is 42.4 Å². The van der Waals surface area contributed by atoms with E-state index in [-0.39, 0.29) is 11.4 Å². The topological polar surface area (TPSA) is 118 Å². The van der Waals surface area contributed by atoms with Crippen molar-refractivity contribution in [3.05, 3.63) is 62.0 Å². The number of nitrogens with zero attached hydrogens (tertiary/aromatic N) is 5. The summed E-state index contributed by atoms with van der Waals surface area (Å²) >= 11 is 0. The lowest BCUT2D eigenvalue weighted by Gasteiger charge is -2.22. The highest BCUT2D eigenvalue weighted by molar-refractivity contribution is 6.30. The zero-order chi connectivity index (χ0) is 26.0. The van der Waals surface area contributed by atoms with Crippen LogP contribution in [-0.4, -0.2) is 47.3 Å². The van der Waals surface area contributed by atoms with Crippen LogP contribution < -0.4 is 19.4 Å². The van der Waals surface area contributed by atoms with Crippen molar-refractivity contribution in [2.75, 3.05) is 28.3 Å². The highest BCUT2D eigenvalue weighted by Gasteiger charge is 2.25. The van der Waals surface area contributed by atoms with Gasteiger partial charge in [-0.2, -0.15) is 0 Å². The second kappa shape index (κ2) is 7.94. The largest absolute Gasteiger partial charge is 0.496 e.